The third-order valence-corrected chi connectivity index (χ3v) is 5.95. The molecule has 0 bridgehead atoms. The molecule has 1 fully saturated rings. The third-order valence-electron chi connectivity index (χ3n) is 2.66. The van der Waals surface area contributed by atoms with Gasteiger partial charge in [0.15, 0.2) is 0 Å². The number of β-lactam (4-membered cyclic amide) rings is 1. The predicted octanol–water partition coefficient (Wildman–Crippen LogP) is 0.584. The molecular weight excluding hydrogens is 245 g/mol. The molecule has 0 spiro atoms. The van der Waals surface area contributed by atoms with Gasteiger partial charge in [-0.25, -0.2) is 9.59 Å². The maximum atomic E-state index is 11.1. The molecule has 0 aromatic heterocycles. The zero-order valence-corrected chi connectivity index (χ0v) is 8.44. The number of fused-ring (bicyclic) bond motifs is 1. The van der Waals surface area contributed by atoms with Gasteiger partial charge in [-0.2, -0.15) is 0 Å². The summed E-state index contributed by atoms with van der Waals surface area (Å²) < 4.78 is 0. The zero-order valence-electron chi connectivity index (χ0n) is 7.62. The number of carbonyl (C=O) groups is 3. The molecule has 6 nitrogen and oxygen atoms in total. The van der Waals surface area contributed by atoms with Crippen LogP contribution in [0.1, 0.15) is 6.42 Å². The number of amides is 1. The van der Waals surface area contributed by atoms with Crippen molar-refractivity contribution >= 4 is 56.1 Å². The van der Waals surface area contributed by atoms with Crippen LogP contribution in [0.5, 0.6) is 0 Å². The third kappa shape index (κ3) is 1.58. The quantitative estimate of drug-likeness (QED) is 0.487. The average molecular weight is 255 g/mol. The van der Waals surface area contributed by atoms with Crippen molar-refractivity contribution in [1.82, 2.24) is 4.90 Å². The molecule has 1 unspecified atom stereocenters. The van der Waals surface area contributed by atoms with Crippen LogP contribution in [0.3, 0.4) is 0 Å². The summed E-state index contributed by atoms with van der Waals surface area (Å²) in [4.78, 5) is 34.5. The van der Waals surface area contributed by atoms with Gasteiger partial charge in [-0.3, -0.25) is 4.79 Å². The van der Waals surface area contributed by atoms with Crippen molar-refractivity contribution in [3.63, 3.8) is 0 Å². The molecule has 1 amide bonds. The second-order valence-electron chi connectivity index (χ2n) is 3.34. The van der Waals surface area contributed by atoms with Gasteiger partial charge in [0.25, 0.3) is 0 Å². The van der Waals surface area contributed by atoms with Crippen LogP contribution in [0.4, 0.5) is 9.59 Å². The normalized spacial score (nSPS) is 27.1. The van der Waals surface area contributed by atoms with Gasteiger partial charge in [0, 0.05) is 12.0 Å². The fraction of sp³-hybridized carbons (Fsp3) is 0.375. The molecule has 2 rings (SSSR count). The summed E-state index contributed by atoms with van der Waals surface area (Å²) in [5, 5.41) is 14.8. The van der Waals surface area contributed by atoms with Crippen LogP contribution in [0.2, 0.25) is 0 Å². The van der Waals surface area contributed by atoms with Crippen molar-refractivity contribution in [2.24, 2.45) is 0 Å². The second-order valence-corrected chi connectivity index (χ2v) is 6.50. The summed E-state index contributed by atoms with van der Waals surface area (Å²) in [5.41, 5.74) is 0. The van der Waals surface area contributed by atoms with Crippen LogP contribution >= 0.6 is 10.0 Å². The van der Waals surface area contributed by atoms with Crippen LogP contribution in [0, 0.1) is 0 Å². The van der Waals surface area contributed by atoms with Gasteiger partial charge >= 0.3 is 40.2 Å². The van der Waals surface area contributed by atoms with E-state index in [4.69, 9.17) is 10.2 Å². The van der Waals surface area contributed by atoms with Gasteiger partial charge in [0.05, 0.1) is 11.8 Å². The summed E-state index contributed by atoms with van der Waals surface area (Å²) in [5.74, 6) is -0.207. The summed E-state index contributed by atoms with van der Waals surface area (Å²) in [7, 11) is -2.85. The van der Waals surface area contributed by atoms with Crippen molar-refractivity contribution in [2.45, 2.75) is 11.8 Å². The van der Waals surface area contributed by atoms with E-state index in [0.29, 0.717) is 0 Å². The summed E-state index contributed by atoms with van der Waals surface area (Å²) in [6.07, 6.45) is 2.96. The molecule has 0 aliphatic carbocycles. The van der Waals surface area contributed by atoms with Gasteiger partial charge < -0.3 is 15.1 Å². The number of nitrogens with zero attached hydrogens (tertiary/aromatic N) is 1. The molecule has 2 N–H and O–H groups in total. The SMILES string of the molecule is O=C1CC2N1C=CCS2(C(=O)O)C(=O)O.[NaH]. The van der Waals surface area contributed by atoms with Crippen molar-refractivity contribution in [2.75, 3.05) is 5.75 Å². The molecule has 0 saturated carbocycles. The van der Waals surface area contributed by atoms with E-state index in [0.717, 1.165) is 0 Å². The Morgan fingerprint density at radius 3 is 2.38 bits per heavy atom. The average Bonchev–Trinajstić information content (AvgIpc) is 2.15. The van der Waals surface area contributed by atoms with E-state index in [1.807, 2.05) is 0 Å². The Bertz CT molecular complexity index is 382. The number of carboxylic acid groups (broad SMARTS) is 2. The summed E-state index contributed by atoms with van der Waals surface area (Å²) >= 11 is 0. The first-order valence-electron chi connectivity index (χ1n) is 4.24. The molecule has 0 aromatic rings. The fourth-order valence-corrected chi connectivity index (χ4v) is 4.30. The van der Waals surface area contributed by atoms with Crippen LogP contribution in [0.25, 0.3) is 0 Å². The van der Waals surface area contributed by atoms with E-state index in [9.17, 15) is 14.4 Å². The molecule has 1 saturated heterocycles. The van der Waals surface area contributed by atoms with Crippen LogP contribution in [0.15, 0.2) is 12.3 Å². The molecule has 16 heavy (non-hydrogen) atoms. The minimum absolute atomic E-state index is 0. The van der Waals surface area contributed by atoms with Gasteiger partial charge in [-0.05, 0) is 10.0 Å². The van der Waals surface area contributed by atoms with Crippen LogP contribution in [-0.2, 0) is 4.79 Å². The zero-order chi connectivity index (χ0) is 11.2. The Morgan fingerprint density at radius 2 is 1.94 bits per heavy atom. The van der Waals surface area contributed by atoms with E-state index in [2.05, 4.69) is 0 Å². The summed E-state index contributed by atoms with van der Waals surface area (Å²) in [6.45, 7) is 0. The van der Waals surface area contributed by atoms with Gasteiger partial charge in [-0.15, -0.1) is 0 Å². The fourth-order valence-electron chi connectivity index (χ4n) is 1.79. The predicted molar refractivity (Wildman–Crippen MR) is 60.0 cm³/mol. The standard InChI is InChI=1S/C8H9NO5S.Na.H/c10-5-4-6-9(5)2-1-3-15(6,7(11)12)8(13)14;;/h1-2,6H,3-4H2,(H,11,12)(H,13,14);;. The number of hydrogen-bond donors (Lipinski definition) is 2. The van der Waals surface area contributed by atoms with Gasteiger partial charge in [0.2, 0.25) is 5.91 Å². The second kappa shape index (κ2) is 4.40. The van der Waals surface area contributed by atoms with E-state index < -0.39 is 26.0 Å². The Balaban J connectivity index is 0.00000128. The summed E-state index contributed by atoms with van der Waals surface area (Å²) in [6, 6.07) is 0. The molecule has 2 aliphatic rings. The van der Waals surface area contributed by atoms with E-state index in [1.54, 1.807) is 0 Å². The molecule has 0 radical (unpaired) electrons. The first-order valence-corrected chi connectivity index (χ1v) is 6.10. The first kappa shape index (κ1) is 13.6. The topological polar surface area (TPSA) is 94.9 Å². The molecular formula is C8H10NNaO5S. The number of carbonyl (C=O) groups excluding carboxylic acids is 1. The van der Waals surface area contributed by atoms with Crippen molar-refractivity contribution in [3.05, 3.63) is 12.3 Å². The monoisotopic (exact) mass is 255 g/mol. The molecule has 0 aromatic carbocycles. The van der Waals surface area contributed by atoms with Crippen molar-refractivity contribution < 1.29 is 24.6 Å². The van der Waals surface area contributed by atoms with Gasteiger partial charge in [-0.1, -0.05) is 6.08 Å². The van der Waals surface area contributed by atoms with Crippen LogP contribution in [-0.4, -0.2) is 72.3 Å². The van der Waals surface area contributed by atoms with Gasteiger partial charge in [0.1, 0.15) is 0 Å². The molecule has 8 heteroatoms. The van der Waals surface area contributed by atoms with E-state index >= 15 is 0 Å². The maximum absolute atomic E-state index is 11.1. The molecule has 84 valence electrons. The van der Waals surface area contributed by atoms with Crippen molar-refractivity contribution in [1.29, 1.82) is 0 Å². The minimum atomic E-state index is -2.85. The van der Waals surface area contributed by atoms with E-state index in [1.165, 1.54) is 17.2 Å². The number of rotatable bonds is 0. The molecule has 1 atom stereocenters. The Labute approximate surface area is 115 Å². The van der Waals surface area contributed by atoms with Crippen LogP contribution < -0.4 is 0 Å². The Morgan fingerprint density at radius 1 is 1.38 bits per heavy atom. The first-order chi connectivity index (χ1) is 7.00. The molecule has 2 heterocycles. The molecule has 2 aliphatic heterocycles. The Kier molecular flexibility index (Phi) is 3.73. The number of hydrogen-bond acceptors (Lipinski definition) is 3. The Hall–Kier alpha value is -0.500. The van der Waals surface area contributed by atoms with E-state index in [-0.39, 0.29) is 47.6 Å². The van der Waals surface area contributed by atoms with Crippen molar-refractivity contribution in [3.8, 4) is 0 Å².